The van der Waals surface area contributed by atoms with E-state index in [2.05, 4.69) is 25.9 Å². The molecule has 2 amide bonds. The largest absolute Gasteiger partial charge is 0.489 e. The molecule has 1 unspecified atom stereocenters. The number of carbonyl (C=O) groups is 1. The summed E-state index contributed by atoms with van der Waals surface area (Å²) in [6.45, 7) is 0.673. The number of anilines is 1. The summed E-state index contributed by atoms with van der Waals surface area (Å²) in [5.74, 6) is 1.30. The van der Waals surface area contributed by atoms with Crippen molar-refractivity contribution >= 4 is 17.4 Å². The zero-order valence-electron chi connectivity index (χ0n) is 18.4. The summed E-state index contributed by atoms with van der Waals surface area (Å²) in [6, 6.07) is 11.3. The predicted octanol–water partition coefficient (Wildman–Crippen LogP) is 3.70. The number of pyridine rings is 1. The van der Waals surface area contributed by atoms with Gasteiger partial charge in [0.2, 0.25) is 0 Å². The van der Waals surface area contributed by atoms with Gasteiger partial charge in [0.15, 0.2) is 6.10 Å². The van der Waals surface area contributed by atoms with Crippen LogP contribution in [0.25, 0.3) is 11.1 Å². The Kier molecular flexibility index (Phi) is 5.93. The maximum absolute atomic E-state index is 12.3. The van der Waals surface area contributed by atoms with Gasteiger partial charge in [0.25, 0.3) is 0 Å². The quantitative estimate of drug-likeness (QED) is 0.549. The number of nitrogens with zero attached hydrogens (tertiary/aromatic N) is 4. The molecule has 1 aliphatic carbocycles. The molecule has 2 aliphatic rings. The van der Waals surface area contributed by atoms with Gasteiger partial charge in [-0.3, -0.25) is 9.67 Å². The molecular formula is C24H26N6O3. The van der Waals surface area contributed by atoms with Crippen molar-refractivity contribution in [3.8, 4) is 16.9 Å². The number of carbonyl (C=O) groups excluding carboxylic acids is 1. The summed E-state index contributed by atoms with van der Waals surface area (Å²) >= 11 is 0. The lowest BCUT2D eigenvalue weighted by Crippen LogP contribution is -2.33. The monoisotopic (exact) mass is 446 g/mol. The number of benzene rings is 1. The SMILES string of the molecule is Cn1cc(-c2ccccc2OCC2CC(CNC(=O)Nc3ccnc(C4CC4)c3)=NO2)cn1. The van der Waals surface area contributed by atoms with Crippen LogP contribution in [-0.4, -0.2) is 45.8 Å². The minimum Gasteiger partial charge on any atom is -0.489 e. The first-order valence-electron chi connectivity index (χ1n) is 11.1. The molecule has 0 radical (unpaired) electrons. The van der Waals surface area contributed by atoms with E-state index in [1.54, 1.807) is 16.9 Å². The first kappa shape index (κ1) is 21.0. The lowest BCUT2D eigenvalue weighted by atomic mass is 10.1. The Labute approximate surface area is 191 Å². The Bertz CT molecular complexity index is 1170. The van der Waals surface area contributed by atoms with Crippen LogP contribution < -0.4 is 15.4 Å². The van der Waals surface area contributed by atoms with E-state index < -0.39 is 0 Å². The van der Waals surface area contributed by atoms with Gasteiger partial charge in [-0.2, -0.15) is 5.10 Å². The van der Waals surface area contributed by atoms with Crippen molar-refractivity contribution in [1.82, 2.24) is 20.1 Å². The van der Waals surface area contributed by atoms with Gasteiger partial charge in [0.05, 0.1) is 18.5 Å². The van der Waals surface area contributed by atoms with Gasteiger partial charge >= 0.3 is 6.03 Å². The van der Waals surface area contributed by atoms with Crippen LogP contribution in [0.2, 0.25) is 0 Å². The van der Waals surface area contributed by atoms with Crippen molar-refractivity contribution in [2.45, 2.75) is 31.3 Å². The molecule has 3 heterocycles. The number of nitrogens with one attached hydrogen (secondary N) is 2. The molecule has 2 aromatic heterocycles. The van der Waals surface area contributed by atoms with Crippen LogP contribution in [-0.2, 0) is 11.9 Å². The number of aromatic nitrogens is 3. The highest BCUT2D eigenvalue weighted by atomic mass is 16.7. The molecule has 33 heavy (non-hydrogen) atoms. The molecular weight excluding hydrogens is 420 g/mol. The lowest BCUT2D eigenvalue weighted by molar-refractivity contribution is 0.0472. The number of amides is 2. The van der Waals surface area contributed by atoms with E-state index >= 15 is 0 Å². The van der Waals surface area contributed by atoms with Crippen LogP contribution in [0.5, 0.6) is 5.75 Å². The third-order valence-corrected chi connectivity index (χ3v) is 5.61. The molecule has 2 N–H and O–H groups in total. The second-order valence-electron chi connectivity index (χ2n) is 8.35. The molecule has 0 bridgehead atoms. The smallest absolute Gasteiger partial charge is 0.319 e. The van der Waals surface area contributed by atoms with E-state index in [1.165, 1.54) is 12.8 Å². The van der Waals surface area contributed by atoms with Crippen molar-refractivity contribution < 1.29 is 14.4 Å². The normalized spacial score (nSPS) is 17.2. The molecule has 1 saturated carbocycles. The molecule has 170 valence electrons. The first-order valence-corrected chi connectivity index (χ1v) is 11.1. The molecule has 3 aromatic rings. The van der Waals surface area contributed by atoms with Gasteiger partial charge in [-0.15, -0.1) is 0 Å². The molecule has 1 fully saturated rings. The fourth-order valence-electron chi connectivity index (χ4n) is 3.74. The second kappa shape index (κ2) is 9.32. The average molecular weight is 447 g/mol. The maximum atomic E-state index is 12.3. The van der Waals surface area contributed by atoms with Crippen LogP contribution in [0, 0.1) is 0 Å². The van der Waals surface area contributed by atoms with Crippen LogP contribution in [0.4, 0.5) is 10.5 Å². The van der Waals surface area contributed by atoms with Crippen LogP contribution in [0.15, 0.2) is 60.1 Å². The zero-order chi connectivity index (χ0) is 22.6. The third-order valence-electron chi connectivity index (χ3n) is 5.61. The Morgan fingerprint density at radius 3 is 2.97 bits per heavy atom. The number of para-hydroxylation sites is 1. The fourth-order valence-corrected chi connectivity index (χ4v) is 3.74. The topological polar surface area (TPSA) is 103 Å². The highest BCUT2D eigenvalue weighted by Crippen LogP contribution is 2.39. The average Bonchev–Trinajstić information content (AvgIpc) is 3.43. The van der Waals surface area contributed by atoms with E-state index in [9.17, 15) is 4.79 Å². The fraction of sp³-hybridized carbons (Fsp3) is 0.333. The predicted molar refractivity (Wildman–Crippen MR) is 124 cm³/mol. The van der Waals surface area contributed by atoms with Gasteiger partial charge in [0.1, 0.15) is 12.4 Å². The van der Waals surface area contributed by atoms with E-state index in [-0.39, 0.29) is 12.1 Å². The van der Waals surface area contributed by atoms with Gasteiger partial charge in [0, 0.05) is 54.3 Å². The van der Waals surface area contributed by atoms with Crippen LogP contribution in [0.3, 0.4) is 0 Å². The molecule has 0 saturated heterocycles. The molecule has 9 nitrogen and oxygen atoms in total. The maximum Gasteiger partial charge on any atom is 0.319 e. The number of aryl methyl sites for hydroxylation is 1. The number of oxime groups is 1. The zero-order valence-corrected chi connectivity index (χ0v) is 18.4. The summed E-state index contributed by atoms with van der Waals surface area (Å²) in [6.07, 6.45) is 8.22. The summed E-state index contributed by atoms with van der Waals surface area (Å²) < 4.78 is 7.79. The molecule has 9 heteroatoms. The standard InChI is InChI=1S/C24H26N6O3/c1-30-14-17(12-27-30)21-4-2-3-5-23(21)32-15-20-10-19(29-33-20)13-26-24(31)28-18-8-9-25-22(11-18)16-6-7-16/h2-5,8-9,11-12,14,16,20H,6-7,10,13,15H2,1H3,(H2,25,26,28,31). The number of ether oxygens (including phenoxy) is 1. The summed E-state index contributed by atoms with van der Waals surface area (Å²) in [7, 11) is 1.88. The lowest BCUT2D eigenvalue weighted by Gasteiger charge is -2.13. The minimum atomic E-state index is -0.282. The number of hydrogen-bond donors (Lipinski definition) is 2. The number of rotatable bonds is 8. The molecule has 1 atom stereocenters. The molecule has 1 aliphatic heterocycles. The van der Waals surface area contributed by atoms with E-state index in [4.69, 9.17) is 9.57 Å². The molecule has 0 spiro atoms. The Hall–Kier alpha value is -3.88. The summed E-state index contributed by atoms with van der Waals surface area (Å²) in [5, 5.41) is 14.0. The van der Waals surface area contributed by atoms with Crippen LogP contribution >= 0.6 is 0 Å². The highest BCUT2D eigenvalue weighted by molar-refractivity contribution is 5.94. The Balaban J connectivity index is 1.08. The van der Waals surface area contributed by atoms with Crippen molar-refractivity contribution in [3.05, 3.63) is 60.7 Å². The Morgan fingerprint density at radius 2 is 2.15 bits per heavy atom. The van der Waals surface area contributed by atoms with Gasteiger partial charge < -0.3 is 20.2 Å². The van der Waals surface area contributed by atoms with E-state index in [0.717, 1.165) is 34.0 Å². The van der Waals surface area contributed by atoms with Crippen LogP contribution in [0.1, 0.15) is 30.9 Å². The van der Waals surface area contributed by atoms with Crippen molar-refractivity contribution in [1.29, 1.82) is 0 Å². The Morgan fingerprint density at radius 1 is 1.27 bits per heavy atom. The van der Waals surface area contributed by atoms with Crippen molar-refractivity contribution in [2.75, 3.05) is 18.5 Å². The van der Waals surface area contributed by atoms with Gasteiger partial charge in [-0.05, 0) is 31.0 Å². The van der Waals surface area contributed by atoms with Gasteiger partial charge in [-0.25, -0.2) is 4.79 Å². The molecule has 1 aromatic carbocycles. The summed E-state index contributed by atoms with van der Waals surface area (Å²) in [4.78, 5) is 22.1. The third kappa shape index (κ3) is 5.31. The van der Waals surface area contributed by atoms with Crippen molar-refractivity contribution in [3.63, 3.8) is 0 Å². The highest BCUT2D eigenvalue weighted by Gasteiger charge is 2.25. The summed E-state index contributed by atoms with van der Waals surface area (Å²) in [5.41, 5.74) is 4.52. The van der Waals surface area contributed by atoms with E-state index in [1.807, 2.05) is 49.8 Å². The van der Waals surface area contributed by atoms with Gasteiger partial charge in [-0.1, -0.05) is 23.4 Å². The van der Waals surface area contributed by atoms with E-state index in [0.29, 0.717) is 25.5 Å². The minimum absolute atomic E-state index is 0.201. The molecule has 5 rings (SSSR count). The second-order valence-corrected chi connectivity index (χ2v) is 8.35. The number of urea groups is 1. The van der Waals surface area contributed by atoms with Crippen molar-refractivity contribution in [2.24, 2.45) is 12.2 Å². The number of hydrogen-bond acceptors (Lipinski definition) is 6. The first-order chi connectivity index (χ1) is 16.1.